The van der Waals surface area contributed by atoms with Crippen LogP contribution >= 0.6 is 11.3 Å². The summed E-state index contributed by atoms with van der Waals surface area (Å²) in [7, 11) is 0. The van der Waals surface area contributed by atoms with E-state index in [9.17, 15) is 0 Å². The molecule has 0 fully saturated rings. The normalized spacial score (nSPS) is 10.9. The number of rotatable bonds is 5. The molecule has 2 nitrogen and oxygen atoms in total. The zero-order chi connectivity index (χ0) is 21.2. The van der Waals surface area contributed by atoms with Crippen molar-refractivity contribution in [3.8, 4) is 10.4 Å². The van der Waals surface area contributed by atoms with E-state index >= 15 is 0 Å². The van der Waals surface area contributed by atoms with Crippen molar-refractivity contribution >= 4 is 44.2 Å². The molecule has 1 heterocycles. The highest BCUT2D eigenvalue weighted by Gasteiger charge is 2.14. The Balaban J connectivity index is 1.62. The fourth-order valence-electron chi connectivity index (χ4n) is 3.68. The number of anilines is 4. The first-order valence-electron chi connectivity index (χ1n) is 10.4. The Morgan fingerprint density at radius 2 is 1.26 bits per heavy atom. The van der Waals surface area contributed by atoms with Crippen molar-refractivity contribution in [3.05, 3.63) is 108 Å². The summed E-state index contributed by atoms with van der Waals surface area (Å²) < 4.78 is 1.30. The van der Waals surface area contributed by atoms with Crippen LogP contribution in [0.5, 0.6) is 0 Å². The van der Waals surface area contributed by atoms with Gasteiger partial charge in [0.05, 0.1) is 11.4 Å². The van der Waals surface area contributed by atoms with Crippen LogP contribution < -0.4 is 10.6 Å². The van der Waals surface area contributed by atoms with Crippen LogP contribution in [0.1, 0.15) is 11.1 Å². The maximum atomic E-state index is 3.69. The average Bonchev–Trinajstić information content (AvgIpc) is 3.22. The van der Waals surface area contributed by atoms with E-state index in [-0.39, 0.29) is 0 Å². The fraction of sp³-hybridized carbons (Fsp3) is 0.0714. The van der Waals surface area contributed by atoms with Gasteiger partial charge in [0.1, 0.15) is 0 Å². The summed E-state index contributed by atoms with van der Waals surface area (Å²) in [6.07, 6.45) is 0. The van der Waals surface area contributed by atoms with Crippen LogP contribution in [0.25, 0.3) is 20.5 Å². The highest BCUT2D eigenvalue weighted by molar-refractivity contribution is 7.22. The number of benzene rings is 4. The van der Waals surface area contributed by atoms with Crippen molar-refractivity contribution in [1.29, 1.82) is 0 Å². The first kappa shape index (κ1) is 19.4. The molecule has 0 aliphatic carbocycles. The molecule has 0 saturated heterocycles. The monoisotopic (exact) mass is 420 g/mol. The molecule has 0 radical (unpaired) electrons. The molecular formula is C28H24N2S. The van der Waals surface area contributed by atoms with Gasteiger partial charge in [-0.2, -0.15) is 0 Å². The topological polar surface area (TPSA) is 24.1 Å². The lowest BCUT2D eigenvalue weighted by atomic mass is 10.1. The minimum Gasteiger partial charge on any atom is -0.354 e. The molecule has 0 atom stereocenters. The van der Waals surface area contributed by atoms with E-state index < -0.39 is 0 Å². The lowest BCUT2D eigenvalue weighted by Gasteiger charge is -2.18. The van der Waals surface area contributed by atoms with E-state index in [2.05, 4.69) is 122 Å². The summed E-state index contributed by atoms with van der Waals surface area (Å²) in [4.78, 5) is 1.25. The van der Waals surface area contributed by atoms with Gasteiger partial charge in [-0.25, -0.2) is 0 Å². The second-order valence-electron chi connectivity index (χ2n) is 7.86. The average molecular weight is 421 g/mol. The molecule has 5 rings (SSSR count). The molecule has 0 bridgehead atoms. The molecular weight excluding hydrogens is 396 g/mol. The number of thiophene rings is 1. The molecule has 0 spiro atoms. The summed E-state index contributed by atoms with van der Waals surface area (Å²) in [6.45, 7) is 4.22. The second kappa shape index (κ2) is 8.29. The van der Waals surface area contributed by atoms with Gasteiger partial charge in [0, 0.05) is 26.5 Å². The Hall–Kier alpha value is -3.56. The number of hydrogen-bond acceptors (Lipinski definition) is 3. The van der Waals surface area contributed by atoms with E-state index in [1.54, 1.807) is 0 Å². The summed E-state index contributed by atoms with van der Waals surface area (Å²) in [5.74, 6) is 0. The fourth-order valence-corrected chi connectivity index (χ4v) is 4.78. The maximum absolute atomic E-state index is 3.69. The van der Waals surface area contributed by atoms with Crippen LogP contribution in [0, 0.1) is 13.8 Å². The molecule has 0 aliphatic heterocycles. The van der Waals surface area contributed by atoms with Gasteiger partial charge in [-0.3, -0.25) is 0 Å². The predicted molar refractivity (Wildman–Crippen MR) is 136 cm³/mol. The van der Waals surface area contributed by atoms with Gasteiger partial charge in [-0.15, -0.1) is 11.3 Å². The van der Waals surface area contributed by atoms with Gasteiger partial charge < -0.3 is 10.6 Å². The SMILES string of the molecule is Cc1ccc(Nc2cccc(-c3cc4ccccc4s3)c2Nc2ccc(C)cc2)cc1. The largest absolute Gasteiger partial charge is 0.354 e. The van der Waals surface area contributed by atoms with Crippen LogP contribution in [-0.4, -0.2) is 0 Å². The Bertz CT molecular complexity index is 1300. The maximum Gasteiger partial charge on any atom is 0.0711 e. The van der Waals surface area contributed by atoms with Gasteiger partial charge in [-0.1, -0.05) is 65.7 Å². The third-order valence-electron chi connectivity index (χ3n) is 5.41. The third kappa shape index (κ3) is 4.18. The van der Waals surface area contributed by atoms with Crippen molar-refractivity contribution in [2.24, 2.45) is 0 Å². The third-order valence-corrected chi connectivity index (χ3v) is 6.56. The summed E-state index contributed by atoms with van der Waals surface area (Å²) >= 11 is 1.83. The first-order valence-corrected chi connectivity index (χ1v) is 11.3. The van der Waals surface area contributed by atoms with Crippen molar-refractivity contribution < 1.29 is 0 Å². The Morgan fingerprint density at radius 1 is 0.613 bits per heavy atom. The zero-order valence-electron chi connectivity index (χ0n) is 17.6. The molecule has 5 aromatic rings. The Morgan fingerprint density at radius 3 is 1.94 bits per heavy atom. The van der Waals surface area contributed by atoms with Crippen LogP contribution in [0.4, 0.5) is 22.7 Å². The van der Waals surface area contributed by atoms with E-state index in [0.29, 0.717) is 0 Å². The molecule has 152 valence electrons. The van der Waals surface area contributed by atoms with Gasteiger partial charge in [0.15, 0.2) is 0 Å². The quantitative estimate of drug-likeness (QED) is 0.297. The van der Waals surface area contributed by atoms with E-state index in [4.69, 9.17) is 0 Å². The molecule has 1 aromatic heterocycles. The molecule has 0 aliphatic rings. The number of hydrogen-bond donors (Lipinski definition) is 2. The lowest BCUT2D eigenvalue weighted by molar-refractivity contribution is 1.44. The molecule has 3 heteroatoms. The summed E-state index contributed by atoms with van der Waals surface area (Å²) in [6, 6.07) is 34.3. The van der Waals surface area contributed by atoms with Gasteiger partial charge in [0.2, 0.25) is 0 Å². The van der Waals surface area contributed by atoms with Crippen LogP contribution in [0.2, 0.25) is 0 Å². The number of fused-ring (bicyclic) bond motifs is 1. The van der Waals surface area contributed by atoms with Crippen molar-refractivity contribution in [2.75, 3.05) is 10.6 Å². The minimum absolute atomic E-state index is 1.05. The number of para-hydroxylation sites is 1. The standard InChI is InChI=1S/C28H24N2S/c1-19-10-14-22(15-11-19)29-25-8-5-7-24(27-18-21-6-3-4-9-26(21)31-27)28(25)30-23-16-12-20(2)13-17-23/h3-18,29-30H,1-2H3. The zero-order valence-corrected chi connectivity index (χ0v) is 18.5. The predicted octanol–water partition coefficient (Wildman–Crippen LogP) is 8.67. The Kier molecular flexibility index (Phi) is 5.19. The highest BCUT2D eigenvalue weighted by Crippen LogP contribution is 2.42. The van der Waals surface area contributed by atoms with Gasteiger partial charge in [-0.05, 0) is 61.7 Å². The van der Waals surface area contributed by atoms with Crippen LogP contribution in [0.3, 0.4) is 0 Å². The van der Waals surface area contributed by atoms with Crippen molar-refractivity contribution in [2.45, 2.75) is 13.8 Å². The minimum atomic E-state index is 1.05. The number of nitrogens with one attached hydrogen (secondary N) is 2. The van der Waals surface area contributed by atoms with Crippen molar-refractivity contribution in [1.82, 2.24) is 0 Å². The molecule has 0 amide bonds. The summed E-state index contributed by atoms with van der Waals surface area (Å²) in [5.41, 5.74) is 7.98. The van der Waals surface area contributed by atoms with E-state index in [1.165, 1.54) is 31.7 Å². The van der Waals surface area contributed by atoms with Crippen molar-refractivity contribution in [3.63, 3.8) is 0 Å². The van der Waals surface area contributed by atoms with Gasteiger partial charge in [0.25, 0.3) is 0 Å². The molecule has 2 N–H and O–H groups in total. The van der Waals surface area contributed by atoms with E-state index in [1.807, 2.05) is 11.3 Å². The Labute approximate surface area is 187 Å². The van der Waals surface area contributed by atoms with E-state index in [0.717, 1.165) is 22.7 Å². The smallest absolute Gasteiger partial charge is 0.0711 e. The van der Waals surface area contributed by atoms with Crippen LogP contribution in [-0.2, 0) is 0 Å². The molecule has 0 saturated carbocycles. The molecule has 4 aromatic carbocycles. The first-order chi connectivity index (χ1) is 15.2. The summed E-state index contributed by atoms with van der Waals surface area (Å²) in [5, 5.41) is 8.58. The highest BCUT2D eigenvalue weighted by atomic mass is 32.1. The number of aryl methyl sites for hydroxylation is 2. The van der Waals surface area contributed by atoms with Crippen LogP contribution in [0.15, 0.2) is 97.1 Å². The molecule has 31 heavy (non-hydrogen) atoms. The second-order valence-corrected chi connectivity index (χ2v) is 8.94. The van der Waals surface area contributed by atoms with Gasteiger partial charge >= 0.3 is 0 Å². The molecule has 0 unspecified atom stereocenters. The lowest BCUT2D eigenvalue weighted by Crippen LogP contribution is -1.99.